The maximum atomic E-state index is 12.7. The summed E-state index contributed by atoms with van der Waals surface area (Å²) in [7, 11) is 0. The van der Waals surface area contributed by atoms with Crippen LogP contribution in [0.1, 0.15) is 29.9 Å². The van der Waals surface area contributed by atoms with E-state index in [9.17, 15) is 4.79 Å². The van der Waals surface area contributed by atoms with Gasteiger partial charge < -0.3 is 9.84 Å². The van der Waals surface area contributed by atoms with E-state index in [1.54, 1.807) is 0 Å². The second kappa shape index (κ2) is 8.57. The van der Waals surface area contributed by atoms with E-state index in [2.05, 4.69) is 20.4 Å². The fourth-order valence-electron chi connectivity index (χ4n) is 3.82. The van der Waals surface area contributed by atoms with Crippen molar-refractivity contribution in [3.8, 4) is 11.4 Å². The average Bonchev–Trinajstić information content (AvgIpc) is 3.17. The molecule has 29 heavy (non-hydrogen) atoms. The number of carbonyl (C=O) groups excluding carboxylic acids is 1. The third-order valence-electron chi connectivity index (χ3n) is 5.37. The van der Waals surface area contributed by atoms with Crippen LogP contribution in [-0.2, 0) is 11.3 Å². The number of likely N-dealkylation sites (tertiary alicyclic amines) is 1. The minimum atomic E-state index is -0.0389. The second-order valence-electron chi connectivity index (χ2n) is 7.76. The molecule has 1 aliphatic rings. The number of piperidine rings is 1. The number of aromatic nitrogens is 2. The van der Waals surface area contributed by atoms with Crippen molar-refractivity contribution in [1.29, 1.82) is 0 Å². The van der Waals surface area contributed by atoms with E-state index >= 15 is 0 Å². The van der Waals surface area contributed by atoms with Crippen LogP contribution in [0, 0.1) is 19.8 Å². The third kappa shape index (κ3) is 4.71. The zero-order valence-electron chi connectivity index (χ0n) is 16.9. The molecule has 6 nitrogen and oxygen atoms in total. The van der Waals surface area contributed by atoms with Crippen LogP contribution < -0.4 is 5.32 Å². The van der Waals surface area contributed by atoms with Gasteiger partial charge in [0.25, 0.3) is 0 Å². The highest BCUT2D eigenvalue weighted by Crippen LogP contribution is 2.23. The van der Waals surface area contributed by atoms with E-state index in [1.165, 1.54) is 0 Å². The summed E-state index contributed by atoms with van der Waals surface area (Å²) in [5.41, 5.74) is 4.09. The molecule has 6 heteroatoms. The summed E-state index contributed by atoms with van der Waals surface area (Å²) in [5, 5.41) is 7.19. The standard InChI is InChI=1S/C23H26N4O2/c1-16-7-5-10-19(13-16)24-23(28)18-9-6-12-27(14-18)15-21-25-22(26-29-21)20-11-4-3-8-17(20)2/h3-5,7-8,10-11,13,18H,6,9,12,14-15H2,1-2H3,(H,24,28). The smallest absolute Gasteiger partial charge is 0.241 e. The molecule has 0 aliphatic carbocycles. The van der Waals surface area contributed by atoms with Crippen molar-refractivity contribution in [3.05, 3.63) is 65.5 Å². The molecule has 1 fully saturated rings. The van der Waals surface area contributed by atoms with Crippen LogP contribution in [0.2, 0.25) is 0 Å². The zero-order valence-corrected chi connectivity index (χ0v) is 16.9. The van der Waals surface area contributed by atoms with Gasteiger partial charge in [0.15, 0.2) is 0 Å². The van der Waals surface area contributed by atoms with E-state index in [1.807, 2.05) is 62.4 Å². The summed E-state index contributed by atoms with van der Waals surface area (Å²) < 4.78 is 5.48. The van der Waals surface area contributed by atoms with Crippen molar-refractivity contribution in [2.75, 3.05) is 18.4 Å². The fourth-order valence-corrected chi connectivity index (χ4v) is 3.82. The van der Waals surface area contributed by atoms with Gasteiger partial charge in [-0.15, -0.1) is 0 Å². The van der Waals surface area contributed by atoms with Crippen LogP contribution >= 0.6 is 0 Å². The van der Waals surface area contributed by atoms with Gasteiger partial charge in [-0.25, -0.2) is 0 Å². The lowest BCUT2D eigenvalue weighted by Gasteiger charge is -2.30. The molecule has 3 aromatic rings. The van der Waals surface area contributed by atoms with Crippen LogP contribution in [0.5, 0.6) is 0 Å². The minimum Gasteiger partial charge on any atom is -0.338 e. The first-order valence-corrected chi connectivity index (χ1v) is 10.1. The summed E-state index contributed by atoms with van der Waals surface area (Å²) in [6, 6.07) is 15.9. The Morgan fingerprint density at radius 1 is 1.21 bits per heavy atom. The topological polar surface area (TPSA) is 71.3 Å². The van der Waals surface area contributed by atoms with Crippen LogP contribution in [0.3, 0.4) is 0 Å². The Kier molecular flexibility index (Phi) is 5.71. The molecular weight excluding hydrogens is 364 g/mol. The van der Waals surface area contributed by atoms with Crippen LogP contribution in [0.15, 0.2) is 53.1 Å². The van der Waals surface area contributed by atoms with Gasteiger partial charge in [-0.3, -0.25) is 9.69 Å². The summed E-state index contributed by atoms with van der Waals surface area (Å²) in [5.74, 6) is 1.24. The molecule has 0 saturated carbocycles. The largest absolute Gasteiger partial charge is 0.338 e. The normalized spacial score (nSPS) is 17.2. The Hall–Kier alpha value is -2.99. The van der Waals surface area contributed by atoms with Crippen molar-refractivity contribution >= 4 is 11.6 Å². The summed E-state index contributed by atoms with van der Waals surface area (Å²) in [6.07, 6.45) is 1.87. The predicted molar refractivity (Wildman–Crippen MR) is 112 cm³/mol. The number of nitrogens with zero attached hydrogens (tertiary/aromatic N) is 3. The molecule has 1 saturated heterocycles. The minimum absolute atomic E-state index is 0.0389. The van der Waals surface area contributed by atoms with Gasteiger partial charge in [0.1, 0.15) is 0 Å². The highest BCUT2D eigenvalue weighted by molar-refractivity contribution is 5.92. The third-order valence-corrected chi connectivity index (χ3v) is 5.37. The van der Waals surface area contributed by atoms with Gasteiger partial charge in [-0.05, 0) is 56.5 Å². The van der Waals surface area contributed by atoms with Crippen molar-refractivity contribution in [2.24, 2.45) is 5.92 Å². The molecule has 1 aliphatic heterocycles. The molecule has 2 heterocycles. The lowest BCUT2D eigenvalue weighted by molar-refractivity contribution is -0.121. The first-order chi connectivity index (χ1) is 14.1. The van der Waals surface area contributed by atoms with Gasteiger partial charge in [-0.2, -0.15) is 4.98 Å². The van der Waals surface area contributed by atoms with Gasteiger partial charge in [-0.1, -0.05) is 41.6 Å². The number of nitrogens with one attached hydrogen (secondary N) is 1. The maximum Gasteiger partial charge on any atom is 0.241 e. The zero-order chi connectivity index (χ0) is 20.2. The number of anilines is 1. The van der Waals surface area contributed by atoms with Gasteiger partial charge in [0, 0.05) is 17.8 Å². The molecule has 1 N–H and O–H groups in total. The number of rotatable bonds is 5. The second-order valence-corrected chi connectivity index (χ2v) is 7.76. The van der Waals surface area contributed by atoms with E-state index < -0.39 is 0 Å². The average molecular weight is 390 g/mol. The quantitative estimate of drug-likeness (QED) is 0.707. The lowest BCUT2D eigenvalue weighted by atomic mass is 9.97. The van der Waals surface area contributed by atoms with Crippen molar-refractivity contribution < 1.29 is 9.32 Å². The number of aryl methyl sites for hydroxylation is 2. The summed E-state index contributed by atoms with van der Waals surface area (Å²) in [4.78, 5) is 19.5. The van der Waals surface area contributed by atoms with Gasteiger partial charge in [0.05, 0.1) is 12.5 Å². The summed E-state index contributed by atoms with van der Waals surface area (Å²) >= 11 is 0. The molecule has 1 unspecified atom stereocenters. The fraction of sp³-hybridized carbons (Fsp3) is 0.348. The van der Waals surface area contributed by atoms with Crippen molar-refractivity contribution in [1.82, 2.24) is 15.0 Å². The van der Waals surface area contributed by atoms with E-state index in [4.69, 9.17) is 4.52 Å². The Labute approximate surface area is 170 Å². The number of carbonyl (C=O) groups is 1. The van der Waals surface area contributed by atoms with E-state index in [0.29, 0.717) is 24.8 Å². The Morgan fingerprint density at radius 3 is 2.90 bits per heavy atom. The lowest BCUT2D eigenvalue weighted by Crippen LogP contribution is -2.40. The molecular formula is C23H26N4O2. The number of benzene rings is 2. The maximum absolute atomic E-state index is 12.7. The SMILES string of the molecule is Cc1cccc(NC(=O)C2CCCN(Cc3nc(-c4ccccc4C)no3)C2)c1. The van der Waals surface area contributed by atoms with Crippen LogP contribution in [0.25, 0.3) is 11.4 Å². The highest BCUT2D eigenvalue weighted by atomic mass is 16.5. The van der Waals surface area contributed by atoms with Crippen LogP contribution in [-0.4, -0.2) is 34.0 Å². The Balaban J connectivity index is 1.38. The molecule has 1 amide bonds. The first-order valence-electron chi connectivity index (χ1n) is 10.1. The molecule has 0 bridgehead atoms. The van der Waals surface area contributed by atoms with Gasteiger partial charge in [0.2, 0.25) is 17.6 Å². The van der Waals surface area contributed by atoms with Crippen molar-refractivity contribution in [2.45, 2.75) is 33.2 Å². The number of hydrogen-bond donors (Lipinski definition) is 1. The monoisotopic (exact) mass is 390 g/mol. The van der Waals surface area contributed by atoms with E-state index in [0.717, 1.165) is 41.8 Å². The molecule has 0 spiro atoms. The predicted octanol–water partition coefficient (Wildman–Crippen LogP) is 4.20. The molecule has 4 rings (SSSR count). The number of hydrogen-bond acceptors (Lipinski definition) is 5. The van der Waals surface area contributed by atoms with E-state index in [-0.39, 0.29) is 11.8 Å². The van der Waals surface area contributed by atoms with Gasteiger partial charge >= 0.3 is 0 Å². The molecule has 150 valence electrons. The highest BCUT2D eigenvalue weighted by Gasteiger charge is 2.27. The summed E-state index contributed by atoms with van der Waals surface area (Å²) in [6.45, 7) is 6.24. The first kappa shape index (κ1) is 19.3. The number of amides is 1. The molecule has 0 radical (unpaired) electrons. The Bertz CT molecular complexity index is 998. The van der Waals surface area contributed by atoms with Crippen LogP contribution in [0.4, 0.5) is 5.69 Å². The molecule has 2 aromatic carbocycles. The van der Waals surface area contributed by atoms with Crippen molar-refractivity contribution in [3.63, 3.8) is 0 Å². The Morgan fingerprint density at radius 2 is 2.07 bits per heavy atom. The molecule has 1 atom stereocenters. The molecule has 1 aromatic heterocycles.